The van der Waals surface area contributed by atoms with Gasteiger partial charge in [-0.3, -0.25) is 0 Å². The van der Waals surface area contributed by atoms with Crippen LogP contribution in [-0.4, -0.2) is 23.9 Å². The Morgan fingerprint density at radius 1 is 0.590 bits per heavy atom. The predicted molar refractivity (Wildman–Crippen MR) is 126 cm³/mol. The predicted octanol–water partition coefficient (Wildman–Crippen LogP) is 10.8. The molecule has 11 heteroatoms. The zero-order chi connectivity index (χ0) is 29.3. The highest BCUT2D eigenvalue weighted by Gasteiger charge is 2.87. The number of hydrogen-bond acceptors (Lipinski definition) is 0. The number of halogens is 11. The minimum absolute atomic E-state index is 0.233. The van der Waals surface area contributed by atoms with Gasteiger partial charge in [-0.25, -0.2) is 0 Å². The van der Waals surface area contributed by atoms with Crippen LogP contribution in [-0.2, 0) is 5.92 Å². The van der Waals surface area contributed by atoms with Crippen LogP contribution in [0.5, 0.6) is 0 Å². The Kier molecular flexibility index (Phi) is 9.02. The van der Waals surface area contributed by atoms with Crippen LogP contribution in [0.2, 0.25) is 0 Å². The Morgan fingerprint density at radius 3 is 1.54 bits per heavy atom. The van der Waals surface area contributed by atoms with Crippen molar-refractivity contribution < 1.29 is 48.3 Å². The van der Waals surface area contributed by atoms with E-state index in [1.807, 2.05) is 12.1 Å². The Balaban J connectivity index is 1.73. The summed E-state index contributed by atoms with van der Waals surface area (Å²) in [5.74, 6) is -26.8. The molecule has 39 heavy (non-hydrogen) atoms. The highest BCUT2D eigenvalue weighted by atomic mass is 19.4. The van der Waals surface area contributed by atoms with Crippen molar-refractivity contribution in [3.8, 4) is 11.1 Å². The van der Waals surface area contributed by atoms with Crippen LogP contribution in [0.15, 0.2) is 48.5 Å². The molecule has 0 aliphatic heterocycles. The molecule has 1 fully saturated rings. The maximum Gasteiger partial charge on any atom is 0.460 e. The smallest absolute Gasteiger partial charge is 0.194 e. The Labute approximate surface area is 219 Å². The molecule has 2 aromatic carbocycles. The molecule has 0 spiro atoms. The van der Waals surface area contributed by atoms with E-state index in [1.54, 1.807) is 12.1 Å². The number of unbranched alkanes of at least 4 members (excludes halogenated alkanes) is 2. The first-order valence-electron chi connectivity index (χ1n) is 12.8. The highest BCUT2D eigenvalue weighted by Crippen LogP contribution is 2.59. The summed E-state index contributed by atoms with van der Waals surface area (Å²) >= 11 is 0. The average Bonchev–Trinajstić information content (AvgIpc) is 2.88. The largest absolute Gasteiger partial charge is 0.460 e. The lowest BCUT2D eigenvalue weighted by molar-refractivity contribution is -0.424. The fourth-order valence-electron chi connectivity index (χ4n) is 5.04. The standard InChI is InChI=1S/C28H29F11/c1-2-3-4-5-18-6-8-19(9-7-18)20-10-12-21(13-11-20)22-14-16-23(17-15-22)24(29,30)25(31,32)26(33,34)27(35,36)28(37,38)39/h10-19H,2-9H2,1H3. The minimum atomic E-state index is -7.43. The van der Waals surface area contributed by atoms with E-state index in [2.05, 4.69) is 6.92 Å². The molecule has 1 aliphatic carbocycles. The lowest BCUT2D eigenvalue weighted by Crippen LogP contribution is -2.65. The van der Waals surface area contributed by atoms with Gasteiger partial charge in [0.1, 0.15) is 0 Å². The van der Waals surface area contributed by atoms with Crippen LogP contribution >= 0.6 is 0 Å². The summed E-state index contributed by atoms with van der Waals surface area (Å²) in [4.78, 5) is 0. The molecule has 218 valence electrons. The maximum absolute atomic E-state index is 14.3. The van der Waals surface area contributed by atoms with E-state index in [0.717, 1.165) is 49.3 Å². The van der Waals surface area contributed by atoms with Gasteiger partial charge in [0.15, 0.2) is 0 Å². The third-order valence-electron chi connectivity index (χ3n) is 7.56. The van der Waals surface area contributed by atoms with Gasteiger partial charge in [0.2, 0.25) is 0 Å². The zero-order valence-electron chi connectivity index (χ0n) is 21.1. The molecular weight excluding hydrogens is 545 g/mol. The fraction of sp³-hybridized carbons (Fsp3) is 0.571. The Bertz CT molecular complexity index is 1060. The summed E-state index contributed by atoms with van der Waals surface area (Å²) < 4.78 is 147. The molecule has 0 bridgehead atoms. The normalized spacial score (nSPS) is 19.8. The monoisotopic (exact) mass is 574 g/mol. The fourth-order valence-corrected chi connectivity index (χ4v) is 5.04. The van der Waals surface area contributed by atoms with Crippen molar-refractivity contribution in [2.75, 3.05) is 0 Å². The van der Waals surface area contributed by atoms with Gasteiger partial charge in [0, 0.05) is 5.56 Å². The first-order valence-corrected chi connectivity index (χ1v) is 12.8. The van der Waals surface area contributed by atoms with Crippen LogP contribution in [0.3, 0.4) is 0 Å². The van der Waals surface area contributed by atoms with E-state index < -0.39 is 35.4 Å². The SMILES string of the molecule is CCCCCC1CCC(c2ccc(-c3ccc(C(F)(F)C(F)(F)C(F)(F)C(F)(F)C(F)(F)F)cc3)cc2)CC1. The maximum atomic E-state index is 14.3. The van der Waals surface area contributed by atoms with Gasteiger partial charge < -0.3 is 0 Å². The van der Waals surface area contributed by atoms with Crippen LogP contribution in [0, 0.1) is 5.92 Å². The van der Waals surface area contributed by atoms with Gasteiger partial charge in [0.25, 0.3) is 0 Å². The molecule has 0 amide bonds. The van der Waals surface area contributed by atoms with Crippen LogP contribution in [0.25, 0.3) is 11.1 Å². The first kappa shape index (κ1) is 31.2. The van der Waals surface area contributed by atoms with Crippen molar-refractivity contribution in [1.29, 1.82) is 0 Å². The van der Waals surface area contributed by atoms with Gasteiger partial charge in [-0.2, -0.15) is 48.3 Å². The molecule has 0 heterocycles. The van der Waals surface area contributed by atoms with Crippen LogP contribution < -0.4 is 0 Å². The molecule has 2 aromatic rings. The van der Waals surface area contributed by atoms with E-state index in [1.165, 1.54) is 25.7 Å². The third-order valence-corrected chi connectivity index (χ3v) is 7.56. The third kappa shape index (κ3) is 5.92. The average molecular weight is 575 g/mol. The van der Waals surface area contributed by atoms with Crippen molar-refractivity contribution in [3.63, 3.8) is 0 Å². The molecule has 0 saturated heterocycles. The quantitative estimate of drug-likeness (QED) is 0.196. The summed E-state index contributed by atoms with van der Waals surface area (Å²) in [6.07, 6.45) is 2.00. The Hall–Kier alpha value is -2.33. The van der Waals surface area contributed by atoms with Crippen molar-refractivity contribution in [2.24, 2.45) is 5.92 Å². The summed E-state index contributed by atoms with van der Waals surface area (Å²) in [5.41, 5.74) is -0.0263. The van der Waals surface area contributed by atoms with Crippen molar-refractivity contribution >= 4 is 0 Å². The second kappa shape index (κ2) is 11.3. The topological polar surface area (TPSA) is 0 Å². The molecule has 1 aliphatic rings. The van der Waals surface area contributed by atoms with Crippen LogP contribution in [0.1, 0.15) is 75.3 Å². The number of benzene rings is 2. The molecule has 0 nitrogen and oxygen atoms in total. The lowest BCUT2D eigenvalue weighted by atomic mass is 9.77. The van der Waals surface area contributed by atoms with Crippen LogP contribution in [0.4, 0.5) is 48.3 Å². The second-order valence-electron chi connectivity index (χ2n) is 10.2. The van der Waals surface area contributed by atoms with E-state index in [0.29, 0.717) is 23.6 Å². The van der Waals surface area contributed by atoms with E-state index in [4.69, 9.17) is 0 Å². The van der Waals surface area contributed by atoms with Crippen molar-refractivity contribution in [2.45, 2.75) is 94.1 Å². The van der Waals surface area contributed by atoms with Crippen molar-refractivity contribution in [1.82, 2.24) is 0 Å². The second-order valence-corrected chi connectivity index (χ2v) is 10.2. The number of alkyl halides is 11. The van der Waals surface area contributed by atoms with Gasteiger partial charge in [0.05, 0.1) is 0 Å². The molecule has 3 rings (SSSR count). The Morgan fingerprint density at radius 2 is 1.08 bits per heavy atom. The zero-order valence-corrected chi connectivity index (χ0v) is 21.1. The van der Waals surface area contributed by atoms with Crippen molar-refractivity contribution in [3.05, 3.63) is 59.7 Å². The van der Waals surface area contributed by atoms with E-state index in [-0.39, 0.29) is 5.56 Å². The lowest BCUT2D eigenvalue weighted by Gasteiger charge is -2.37. The van der Waals surface area contributed by atoms with E-state index >= 15 is 0 Å². The van der Waals surface area contributed by atoms with Gasteiger partial charge in [-0.1, -0.05) is 81.1 Å². The molecule has 0 unspecified atom stereocenters. The molecule has 0 aromatic heterocycles. The molecule has 0 radical (unpaired) electrons. The van der Waals surface area contributed by atoms with E-state index in [9.17, 15) is 48.3 Å². The number of hydrogen-bond donors (Lipinski definition) is 0. The van der Waals surface area contributed by atoms with Gasteiger partial charge in [-0.05, 0) is 54.2 Å². The minimum Gasteiger partial charge on any atom is -0.194 e. The van der Waals surface area contributed by atoms with Gasteiger partial charge >= 0.3 is 29.9 Å². The van der Waals surface area contributed by atoms with Gasteiger partial charge in [-0.15, -0.1) is 0 Å². The number of rotatable bonds is 10. The summed E-state index contributed by atoms with van der Waals surface area (Å²) in [5, 5.41) is 0. The summed E-state index contributed by atoms with van der Waals surface area (Å²) in [6, 6.07) is 9.45. The highest BCUT2D eigenvalue weighted by molar-refractivity contribution is 5.64. The molecule has 1 saturated carbocycles. The molecule has 0 atom stereocenters. The summed E-state index contributed by atoms with van der Waals surface area (Å²) in [6.45, 7) is 2.16. The molecular formula is C28H29F11. The first-order chi connectivity index (χ1) is 18.0. The molecule has 0 N–H and O–H groups in total. The summed E-state index contributed by atoms with van der Waals surface area (Å²) in [7, 11) is 0.